The standard InChI is InChI=1S/C13H22N2O2S/c1-5-10-15(18(16,17)13(2,3)4)12-8-6-11(14)7-9-12/h6-9H,5,10,14H2,1-4H3. The molecule has 102 valence electrons. The van der Waals surface area contributed by atoms with Gasteiger partial charge in [-0.15, -0.1) is 0 Å². The molecule has 0 atom stereocenters. The number of sulfonamides is 1. The quantitative estimate of drug-likeness (QED) is 0.855. The van der Waals surface area contributed by atoms with Gasteiger partial charge in [0, 0.05) is 12.2 Å². The van der Waals surface area contributed by atoms with E-state index >= 15 is 0 Å². The van der Waals surface area contributed by atoms with Crippen molar-refractivity contribution in [1.29, 1.82) is 0 Å². The molecule has 0 saturated heterocycles. The number of nitrogen functional groups attached to an aromatic ring is 1. The van der Waals surface area contributed by atoms with E-state index in [0.717, 1.165) is 6.42 Å². The van der Waals surface area contributed by atoms with E-state index in [-0.39, 0.29) is 0 Å². The number of hydrogen-bond donors (Lipinski definition) is 1. The van der Waals surface area contributed by atoms with Crippen LogP contribution >= 0.6 is 0 Å². The summed E-state index contributed by atoms with van der Waals surface area (Å²) in [6.07, 6.45) is 0.764. The summed E-state index contributed by atoms with van der Waals surface area (Å²) in [6.45, 7) is 7.57. The Balaban J connectivity index is 3.23. The van der Waals surface area contributed by atoms with Crippen molar-refractivity contribution in [3.05, 3.63) is 24.3 Å². The number of anilines is 2. The molecule has 2 N–H and O–H groups in total. The van der Waals surface area contributed by atoms with E-state index < -0.39 is 14.8 Å². The van der Waals surface area contributed by atoms with Crippen molar-refractivity contribution in [3.63, 3.8) is 0 Å². The summed E-state index contributed by atoms with van der Waals surface area (Å²) in [5.74, 6) is 0. The van der Waals surface area contributed by atoms with E-state index in [0.29, 0.717) is 17.9 Å². The maximum Gasteiger partial charge on any atom is 0.240 e. The predicted octanol–water partition coefficient (Wildman–Crippen LogP) is 2.61. The topological polar surface area (TPSA) is 63.4 Å². The molecule has 0 saturated carbocycles. The number of benzene rings is 1. The van der Waals surface area contributed by atoms with Gasteiger partial charge in [-0.2, -0.15) is 0 Å². The summed E-state index contributed by atoms with van der Waals surface area (Å²) in [4.78, 5) is 0. The second-order valence-electron chi connectivity index (χ2n) is 5.28. The second kappa shape index (κ2) is 5.18. The van der Waals surface area contributed by atoms with Crippen LogP contribution < -0.4 is 10.0 Å². The first-order valence-corrected chi connectivity index (χ1v) is 7.52. The van der Waals surface area contributed by atoms with Gasteiger partial charge in [0.05, 0.1) is 10.4 Å². The van der Waals surface area contributed by atoms with Crippen LogP contribution in [-0.4, -0.2) is 19.7 Å². The molecule has 4 nitrogen and oxygen atoms in total. The van der Waals surface area contributed by atoms with Gasteiger partial charge in [-0.25, -0.2) is 8.42 Å². The fourth-order valence-corrected chi connectivity index (χ4v) is 3.05. The summed E-state index contributed by atoms with van der Waals surface area (Å²) in [5, 5.41) is 0. The van der Waals surface area contributed by atoms with Gasteiger partial charge in [0.15, 0.2) is 0 Å². The number of rotatable bonds is 4. The minimum atomic E-state index is -3.37. The largest absolute Gasteiger partial charge is 0.399 e. The van der Waals surface area contributed by atoms with Crippen LogP contribution in [0.25, 0.3) is 0 Å². The van der Waals surface area contributed by atoms with Crippen molar-refractivity contribution < 1.29 is 8.42 Å². The average molecular weight is 270 g/mol. The van der Waals surface area contributed by atoms with Gasteiger partial charge in [0.2, 0.25) is 10.0 Å². The minimum Gasteiger partial charge on any atom is -0.399 e. The van der Waals surface area contributed by atoms with E-state index in [9.17, 15) is 8.42 Å². The van der Waals surface area contributed by atoms with Crippen molar-refractivity contribution >= 4 is 21.4 Å². The summed E-state index contributed by atoms with van der Waals surface area (Å²) in [6, 6.07) is 6.93. The van der Waals surface area contributed by atoms with Crippen LogP contribution in [-0.2, 0) is 10.0 Å². The average Bonchev–Trinajstić information content (AvgIpc) is 2.25. The van der Waals surface area contributed by atoms with Crippen LogP contribution in [0.5, 0.6) is 0 Å². The van der Waals surface area contributed by atoms with Crippen LogP contribution in [0.2, 0.25) is 0 Å². The first-order chi connectivity index (χ1) is 8.20. The maximum atomic E-state index is 12.5. The Kier molecular flexibility index (Phi) is 4.27. The highest BCUT2D eigenvalue weighted by molar-refractivity contribution is 7.94. The highest BCUT2D eigenvalue weighted by Crippen LogP contribution is 2.27. The molecule has 0 spiro atoms. The van der Waals surface area contributed by atoms with E-state index in [4.69, 9.17) is 5.73 Å². The normalized spacial score (nSPS) is 12.4. The van der Waals surface area contributed by atoms with E-state index in [1.807, 2.05) is 6.92 Å². The van der Waals surface area contributed by atoms with E-state index in [2.05, 4.69) is 0 Å². The molecule has 1 aromatic rings. The zero-order valence-corrected chi connectivity index (χ0v) is 12.3. The molecule has 0 aliphatic rings. The van der Waals surface area contributed by atoms with Crippen LogP contribution in [0.3, 0.4) is 0 Å². The third kappa shape index (κ3) is 2.96. The molecule has 0 heterocycles. The van der Waals surface area contributed by atoms with Crippen LogP contribution in [0.1, 0.15) is 34.1 Å². The zero-order valence-electron chi connectivity index (χ0n) is 11.5. The lowest BCUT2D eigenvalue weighted by Crippen LogP contribution is -2.43. The fraction of sp³-hybridized carbons (Fsp3) is 0.538. The van der Waals surface area contributed by atoms with Gasteiger partial charge >= 0.3 is 0 Å². The third-order valence-corrected chi connectivity index (χ3v) is 5.19. The van der Waals surface area contributed by atoms with Gasteiger partial charge in [-0.1, -0.05) is 6.92 Å². The van der Waals surface area contributed by atoms with Crippen molar-refractivity contribution in [3.8, 4) is 0 Å². The molecular formula is C13H22N2O2S. The molecule has 0 aliphatic heterocycles. The molecule has 5 heteroatoms. The lowest BCUT2D eigenvalue weighted by molar-refractivity contribution is 0.554. The van der Waals surface area contributed by atoms with Gasteiger partial charge in [0.25, 0.3) is 0 Å². The second-order valence-corrected chi connectivity index (χ2v) is 7.90. The first kappa shape index (κ1) is 14.8. The Bertz CT molecular complexity index is 487. The molecule has 0 fully saturated rings. The number of nitrogens with zero attached hydrogens (tertiary/aromatic N) is 1. The SMILES string of the molecule is CCCN(c1ccc(N)cc1)S(=O)(=O)C(C)(C)C. The molecule has 0 aromatic heterocycles. The highest BCUT2D eigenvalue weighted by Gasteiger charge is 2.34. The molecule has 0 aliphatic carbocycles. The molecule has 1 aromatic carbocycles. The van der Waals surface area contributed by atoms with Gasteiger partial charge in [-0.05, 0) is 51.5 Å². The van der Waals surface area contributed by atoms with Crippen molar-refractivity contribution in [2.75, 3.05) is 16.6 Å². The minimum absolute atomic E-state index is 0.476. The summed E-state index contributed by atoms with van der Waals surface area (Å²) >= 11 is 0. The molecule has 0 unspecified atom stereocenters. The van der Waals surface area contributed by atoms with Crippen molar-refractivity contribution in [2.24, 2.45) is 0 Å². The van der Waals surface area contributed by atoms with Crippen molar-refractivity contribution in [2.45, 2.75) is 38.9 Å². The lowest BCUT2D eigenvalue weighted by atomic mass is 10.3. The summed E-state index contributed by atoms with van der Waals surface area (Å²) in [7, 11) is -3.37. The van der Waals surface area contributed by atoms with Crippen LogP contribution in [0, 0.1) is 0 Å². The molecule has 0 radical (unpaired) electrons. The Morgan fingerprint density at radius 3 is 2.06 bits per heavy atom. The van der Waals surface area contributed by atoms with E-state index in [1.165, 1.54) is 4.31 Å². The Morgan fingerprint density at radius 1 is 1.17 bits per heavy atom. The Hall–Kier alpha value is -1.23. The summed E-state index contributed by atoms with van der Waals surface area (Å²) in [5.41, 5.74) is 6.92. The van der Waals surface area contributed by atoms with Gasteiger partial charge in [-0.3, -0.25) is 4.31 Å². The molecule has 18 heavy (non-hydrogen) atoms. The highest BCUT2D eigenvalue weighted by atomic mass is 32.2. The zero-order chi connectivity index (χ0) is 14.0. The van der Waals surface area contributed by atoms with Crippen molar-refractivity contribution in [1.82, 2.24) is 0 Å². The smallest absolute Gasteiger partial charge is 0.240 e. The Morgan fingerprint density at radius 2 is 1.67 bits per heavy atom. The number of hydrogen-bond acceptors (Lipinski definition) is 3. The maximum absolute atomic E-state index is 12.5. The van der Waals surface area contributed by atoms with E-state index in [1.54, 1.807) is 45.0 Å². The molecule has 0 bridgehead atoms. The van der Waals surface area contributed by atoms with Crippen LogP contribution in [0.4, 0.5) is 11.4 Å². The monoisotopic (exact) mass is 270 g/mol. The summed E-state index contributed by atoms with van der Waals surface area (Å²) < 4.78 is 25.7. The molecular weight excluding hydrogens is 248 g/mol. The molecule has 1 rings (SSSR count). The third-order valence-electron chi connectivity index (χ3n) is 2.67. The van der Waals surface area contributed by atoms with Crippen LogP contribution in [0.15, 0.2) is 24.3 Å². The molecule has 0 amide bonds. The van der Waals surface area contributed by atoms with Gasteiger partial charge in [0.1, 0.15) is 0 Å². The van der Waals surface area contributed by atoms with Gasteiger partial charge < -0.3 is 5.73 Å². The lowest BCUT2D eigenvalue weighted by Gasteiger charge is -2.31. The Labute approximate surface area is 110 Å². The fourth-order valence-electron chi connectivity index (χ4n) is 1.56. The number of nitrogens with two attached hydrogens (primary N) is 1. The predicted molar refractivity (Wildman–Crippen MR) is 77.2 cm³/mol. The first-order valence-electron chi connectivity index (χ1n) is 6.08.